The van der Waals surface area contributed by atoms with Crippen molar-refractivity contribution in [3.63, 3.8) is 0 Å². The van der Waals surface area contributed by atoms with Gasteiger partial charge in [0.2, 0.25) is 0 Å². The second-order valence-electron chi connectivity index (χ2n) is 7.38. The first-order valence-corrected chi connectivity index (χ1v) is 9.65. The molecule has 0 aliphatic carbocycles. The van der Waals surface area contributed by atoms with Gasteiger partial charge in [-0.3, -0.25) is 0 Å². The fourth-order valence-electron chi connectivity index (χ4n) is 3.25. The van der Waals surface area contributed by atoms with E-state index in [2.05, 4.69) is 38.0 Å². The van der Waals surface area contributed by atoms with E-state index >= 15 is 0 Å². The third kappa shape index (κ3) is 5.53. The van der Waals surface area contributed by atoms with Crippen LogP contribution in [0.5, 0.6) is 5.75 Å². The van der Waals surface area contributed by atoms with Gasteiger partial charge in [0, 0.05) is 11.3 Å². The van der Waals surface area contributed by atoms with Crippen LogP contribution < -0.4 is 9.97 Å². The zero-order valence-corrected chi connectivity index (χ0v) is 16.3. The number of hydrogen-bond acceptors (Lipinski definition) is 3. The van der Waals surface area contributed by atoms with Crippen molar-refractivity contribution < 1.29 is 9.68 Å². The Labute approximate surface area is 159 Å². The van der Waals surface area contributed by atoms with Gasteiger partial charge in [-0.2, -0.15) is 0 Å². The topological polar surface area (TPSA) is 41.5 Å². The molecule has 4 heteroatoms. The molecule has 3 nitrogen and oxygen atoms in total. The third-order valence-corrected chi connectivity index (χ3v) is 4.83. The Kier molecular flexibility index (Phi) is 7.58. The van der Waals surface area contributed by atoms with Crippen LogP contribution >= 0.6 is 0 Å². The third-order valence-electron chi connectivity index (χ3n) is 4.83. The van der Waals surface area contributed by atoms with Gasteiger partial charge in [0.1, 0.15) is 5.75 Å². The summed E-state index contributed by atoms with van der Waals surface area (Å²) in [6, 6.07) is 6.15. The molecule has 1 atom stereocenters. The Balaban J connectivity index is 2.05. The Bertz CT molecular complexity index is 668. The summed E-state index contributed by atoms with van der Waals surface area (Å²) < 4.78 is 5.90. The first-order chi connectivity index (χ1) is 12.4. The Hall–Kier alpha value is -1.94. The Morgan fingerprint density at radius 3 is 2.69 bits per heavy atom. The summed E-state index contributed by atoms with van der Waals surface area (Å²) in [5, 5.41) is 13.8. The number of unbranched alkanes of at least 4 members (excludes halogenated alkanes) is 2. The van der Waals surface area contributed by atoms with Gasteiger partial charge >= 0.3 is 7.12 Å². The van der Waals surface area contributed by atoms with Crippen LogP contribution in [-0.4, -0.2) is 18.1 Å². The smallest absolute Gasteiger partial charge is 0.534 e. The van der Waals surface area contributed by atoms with Gasteiger partial charge in [0.15, 0.2) is 0 Å². The zero-order valence-electron chi connectivity index (χ0n) is 16.3. The number of para-hydroxylation sites is 1. The van der Waals surface area contributed by atoms with E-state index < -0.39 is 7.12 Å². The van der Waals surface area contributed by atoms with Crippen molar-refractivity contribution >= 4 is 12.7 Å². The summed E-state index contributed by atoms with van der Waals surface area (Å²) in [5.41, 5.74) is 5.25. The number of fused-ring (bicyclic) bond motifs is 1. The van der Waals surface area contributed by atoms with Crippen molar-refractivity contribution in [3.05, 3.63) is 60.3 Å². The van der Waals surface area contributed by atoms with Crippen molar-refractivity contribution in [2.75, 3.05) is 0 Å². The van der Waals surface area contributed by atoms with E-state index in [1.54, 1.807) is 0 Å². The normalized spacial score (nSPS) is 15.8. The monoisotopic (exact) mass is 353 g/mol. The molecule has 0 fully saturated rings. The van der Waals surface area contributed by atoms with Gasteiger partial charge in [0.25, 0.3) is 0 Å². The summed E-state index contributed by atoms with van der Waals surface area (Å²) in [4.78, 5) is 0. The van der Waals surface area contributed by atoms with Crippen LogP contribution in [0.2, 0.25) is 0 Å². The van der Waals surface area contributed by atoms with Gasteiger partial charge < -0.3 is 15.0 Å². The summed E-state index contributed by atoms with van der Waals surface area (Å²) in [7, 11) is -0.895. The van der Waals surface area contributed by atoms with Crippen LogP contribution in [-0.2, 0) is 6.42 Å². The molecule has 2 N–H and O–H groups in total. The standard InChI is InChI=1S/C22H32BNO2/c1-6-7-8-10-17(4)20-12-9-11-19-15-21(23(25)26-22(19)20)24-18(5)14-13-16(2)3/h9,11-12,21,24-25H,2,4-8,10,13-15H2,1,3H3. The van der Waals surface area contributed by atoms with E-state index in [1.807, 2.05) is 19.1 Å². The molecule has 2 rings (SSSR count). The van der Waals surface area contributed by atoms with E-state index in [4.69, 9.17) is 4.65 Å². The van der Waals surface area contributed by atoms with Crippen LogP contribution in [0.25, 0.3) is 5.57 Å². The molecule has 1 aromatic rings. The lowest BCUT2D eigenvalue weighted by Crippen LogP contribution is -2.50. The Morgan fingerprint density at radius 1 is 1.23 bits per heavy atom. The van der Waals surface area contributed by atoms with E-state index in [1.165, 1.54) is 12.8 Å². The SMILES string of the molecule is C=C(C)CCC(=C)NC1Cc2cccc(C(=C)CCCCC)c2OB1O. The Morgan fingerprint density at radius 2 is 2.00 bits per heavy atom. The first-order valence-electron chi connectivity index (χ1n) is 9.65. The lowest BCUT2D eigenvalue weighted by Gasteiger charge is -2.31. The van der Waals surface area contributed by atoms with Crippen molar-refractivity contribution in [1.82, 2.24) is 5.32 Å². The fraction of sp³-hybridized carbons (Fsp3) is 0.455. The molecule has 1 aliphatic heterocycles. The molecule has 26 heavy (non-hydrogen) atoms. The molecular formula is C22H32BNO2. The summed E-state index contributed by atoms with van der Waals surface area (Å²) in [6.07, 6.45) is 6.91. The number of hydrogen-bond donors (Lipinski definition) is 2. The predicted octanol–water partition coefficient (Wildman–Crippen LogP) is 5.06. The van der Waals surface area contributed by atoms with Gasteiger partial charge in [0.05, 0.1) is 5.94 Å². The van der Waals surface area contributed by atoms with E-state index in [0.717, 1.165) is 59.4 Å². The highest BCUT2D eigenvalue weighted by Crippen LogP contribution is 2.35. The van der Waals surface area contributed by atoms with Gasteiger partial charge in [-0.1, -0.05) is 56.7 Å². The van der Waals surface area contributed by atoms with Crippen LogP contribution in [0, 0.1) is 0 Å². The average Bonchev–Trinajstić information content (AvgIpc) is 2.60. The molecule has 140 valence electrons. The number of allylic oxidation sites excluding steroid dienone is 3. The second kappa shape index (κ2) is 9.68. The van der Waals surface area contributed by atoms with Gasteiger partial charge in [-0.25, -0.2) is 0 Å². The predicted molar refractivity (Wildman–Crippen MR) is 112 cm³/mol. The van der Waals surface area contributed by atoms with Crippen molar-refractivity contribution in [2.24, 2.45) is 0 Å². The quantitative estimate of drug-likeness (QED) is 0.351. The van der Waals surface area contributed by atoms with Crippen LogP contribution in [0.3, 0.4) is 0 Å². The first kappa shape index (κ1) is 20.4. The molecule has 0 bridgehead atoms. The van der Waals surface area contributed by atoms with Gasteiger partial charge in [-0.15, -0.1) is 6.58 Å². The molecule has 0 spiro atoms. The number of nitrogens with one attached hydrogen (secondary N) is 1. The highest BCUT2D eigenvalue weighted by atomic mass is 16.5. The summed E-state index contributed by atoms with van der Waals surface area (Å²) in [6.45, 7) is 16.4. The van der Waals surface area contributed by atoms with Gasteiger partial charge in [-0.05, 0) is 50.2 Å². The van der Waals surface area contributed by atoms with Crippen LogP contribution in [0.15, 0.2) is 49.2 Å². The van der Waals surface area contributed by atoms with Crippen molar-refractivity contribution in [3.8, 4) is 5.75 Å². The summed E-state index contributed by atoms with van der Waals surface area (Å²) >= 11 is 0. The van der Waals surface area contributed by atoms with Crippen LogP contribution in [0.4, 0.5) is 0 Å². The minimum Gasteiger partial charge on any atom is -0.534 e. The van der Waals surface area contributed by atoms with Crippen molar-refractivity contribution in [2.45, 2.75) is 64.7 Å². The number of rotatable bonds is 10. The minimum atomic E-state index is -0.895. The lowest BCUT2D eigenvalue weighted by molar-refractivity contribution is 0.363. The molecule has 0 amide bonds. The highest BCUT2D eigenvalue weighted by Gasteiger charge is 2.36. The molecule has 0 saturated carbocycles. The highest BCUT2D eigenvalue weighted by molar-refractivity contribution is 6.46. The molecule has 1 heterocycles. The maximum absolute atomic E-state index is 10.5. The van der Waals surface area contributed by atoms with E-state index in [9.17, 15) is 5.02 Å². The number of benzene rings is 1. The second-order valence-corrected chi connectivity index (χ2v) is 7.38. The molecule has 0 radical (unpaired) electrons. The molecular weight excluding hydrogens is 321 g/mol. The average molecular weight is 353 g/mol. The van der Waals surface area contributed by atoms with Crippen LogP contribution in [0.1, 0.15) is 63.5 Å². The molecule has 0 aromatic heterocycles. The molecule has 1 aromatic carbocycles. The maximum atomic E-state index is 10.5. The molecule has 1 unspecified atom stereocenters. The maximum Gasteiger partial charge on any atom is 0.546 e. The van der Waals surface area contributed by atoms with E-state index in [-0.39, 0.29) is 5.94 Å². The minimum absolute atomic E-state index is 0.191. The molecule has 0 saturated heterocycles. The zero-order chi connectivity index (χ0) is 19.1. The summed E-state index contributed by atoms with van der Waals surface area (Å²) in [5.74, 6) is 0.593. The lowest BCUT2D eigenvalue weighted by atomic mass is 9.72. The molecule has 1 aliphatic rings. The van der Waals surface area contributed by atoms with Crippen molar-refractivity contribution in [1.29, 1.82) is 0 Å². The largest absolute Gasteiger partial charge is 0.546 e. The fourth-order valence-corrected chi connectivity index (χ4v) is 3.25. The van der Waals surface area contributed by atoms with E-state index in [0.29, 0.717) is 6.42 Å².